The molecule has 1 saturated carbocycles. The molecule has 4 rings (SSSR count). The topological polar surface area (TPSA) is 45.7 Å². The van der Waals surface area contributed by atoms with E-state index in [0.29, 0.717) is 0 Å². The minimum atomic E-state index is -0.375. The third kappa shape index (κ3) is 2.84. The van der Waals surface area contributed by atoms with Gasteiger partial charge in [0.1, 0.15) is 11.6 Å². The number of methoxy groups -OCH3 is 1. The molecule has 25 heavy (non-hydrogen) atoms. The molecule has 0 spiro atoms. The largest absolute Gasteiger partial charge is 0.496 e. The van der Waals surface area contributed by atoms with Crippen LogP contribution in [0.3, 0.4) is 0 Å². The van der Waals surface area contributed by atoms with Crippen molar-refractivity contribution in [2.45, 2.75) is 18.3 Å². The average Bonchev–Trinajstić information content (AvgIpc) is 3.50. The van der Waals surface area contributed by atoms with Crippen LogP contribution < -0.4 is 9.64 Å². The molecule has 0 bridgehead atoms. The van der Waals surface area contributed by atoms with Gasteiger partial charge in [-0.2, -0.15) is 0 Å². The molecule has 5 heteroatoms. The number of ether oxygens (including phenoxy) is 1. The summed E-state index contributed by atoms with van der Waals surface area (Å²) in [4.78, 5) is 21.9. The Hall–Kier alpha value is -2.56. The summed E-state index contributed by atoms with van der Waals surface area (Å²) in [7, 11) is 1.67. The lowest BCUT2D eigenvalue weighted by atomic mass is 9.93. The molecule has 0 N–H and O–H groups in total. The van der Waals surface area contributed by atoms with E-state index in [4.69, 9.17) is 4.74 Å². The van der Waals surface area contributed by atoms with Gasteiger partial charge in [-0.25, -0.2) is 4.98 Å². The van der Waals surface area contributed by atoms with Crippen LogP contribution in [0.1, 0.15) is 18.4 Å². The van der Waals surface area contributed by atoms with E-state index in [9.17, 15) is 4.79 Å². The highest BCUT2D eigenvalue weighted by molar-refractivity contribution is 5.92. The lowest BCUT2D eigenvalue weighted by Gasteiger charge is -2.37. The molecule has 1 amide bonds. The number of amides is 1. The van der Waals surface area contributed by atoms with Gasteiger partial charge in [0.2, 0.25) is 5.91 Å². The second-order valence-electron chi connectivity index (χ2n) is 6.75. The summed E-state index contributed by atoms with van der Waals surface area (Å²) in [6.45, 7) is 3.13. The van der Waals surface area contributed by atoms with Crippen molar-refractivity contribution >= 4 is 11.7 Å². The molecule has 2 aromatic rings. The van der Waals surface area contributed by atoms with Crippen molar-refractivity contribution in [3.05, 3.63) is 54.2 Å². The average molecular weight is 337 g/mol. The summed E-state index contributed by atoms with van der Waals surface area (Å²) >= 11 is 0. The number of para-hydroxylation sites is 1. The van der Waals surface area contributed by atoms with E-state index >= 15 is 0 Å². The molecule has 130 valence electrons. The van der Waals surface area contributed by atoms with Crippen LogP contribution in [-0.4, -0.2) is 49.1 Å². The van der Waals surface area contributed by atoms with Gasteiger partial charge in [-0.3, -0.25) is 4.79 Å². The lowest BCUT2D eigenvalue weighted by molar-refractivity contribution is -0.134. The van der Waals surface area contributed by atoms with E-state index < -0.39 is 0 Å². The fraction of sp³-hybridized carbons (Fsp3) is 0.400. The van der Waals surface area contributed by atoms with E-state index in [1.54, 1.807) is 7.11 Å². The third-order valence-corrected chi connectivity index (χ3v) is 5.32. The summed E-state index contributed by atoms with van der Waals surface area (Å²) in [5.74, 6) is 2.05. The highest BCUT2D eigenvalue weighted by atomic mass is 16.5. The molecule has 1 aromatic carbocycles. The van der Waals surface area contributed by atoms with E-state index in [-0.39, 0.29) is 11.3 Å². The van der Waals surface area contributed by atoms with Gasteiger partial charge in [0.05, 0.1) is 12.5 Å². The monoisotopic (exact) mass is 337 g/mol. The summed E-state index contributed by atoms with van der Waals surface area (Å²) in [6, 6.07) is 13.9. The molecular weight excluding hydrogens is 314 g/mol. The van der Waals surface area contributed by atoms with Gasteiger partial charge in [-0.05, 0) is 31.0 Å². The van der Waals surface area contributed by atoms with Crippen molar-refractivity contribution in [2.75, 3.05) is 38.2 Å². The Labute approximate surface area is 148 Å². The first-order valence-corrected chi connectivity index (χ1v) is 8.83. The number of aromatic nitrogens is 1. The van der Waals surface area contributed by atoms with Gasteiger partial charge >= 0.3 is 0 Å². The molecule has 1 aliphatic carbocycles. The van der Waals surface area contributed by atoms with Gasteiger partial charge in [0, 0.05) is 37.9 Å². The van der Waals surface area contributed by atoms with Crippen LogP contribution in [0.5, 0.6) is 5.75 Å². The molecule has 5 nitrogen and oxygen atoms in total. The highest BCUT2D eigenvalue weighted by Gasteiger charge is 2.54. The SMILES string of the molecule is COc1ccccc1C1(C(=O)N2CCN(c3ccccn3)CC2)CC1. The number of hydrogen-bond acceptors (Lipinski definition) is 4. The number of hydrogen-bond donors (Lipinski definition) is 0. The molecule has 2 fully saturated rings. The number of anilines is 1. The number of benzene rings is 1. The molecular formula is C20H23N3O2. The second-order valence-corrected chi connectivity index (χ2v) is 6.75. The van der Waals surface area contributed by atoms with Crippen molar-refractivity contribution in [3.63, 3.8) is 0 Å². The first kappa shape index (κ1) is 15.9. The number of pyridine rings is 1. The number of carbonyl (C=O) groups excluding carboxylic acids is 1. The molecule has 1 aromatic heterocycles. The van der Waals surface area contributed by atoms with Crippen molar-refractivity contribution in [1.82, 2.24) is 9.88 Å². The minimum Gasteiger partial charge on any atom is -0.496 e. The Balaban J connectivity index is 1.47. The van der Waals surface area contributed by atoms with Gasteiger partial charge in [0.15, 0.2) is 0 Å². The Morgan fingerprint density at radius 1 is 1.04 bits per heavy atom. The molecule has 1 aliphatic heterocycles. The van der Waals surface area contributed by atoms with Crippen molar-refractivity contribution in [2.24, 2.45) is 0 Å². The first-order valence-electron chi connectivity index (χ1n) is 8.83. The van der Waals surface area contributed by atoms with Crippen molar-refractivity contribution in [1.29, 1.82) is 0 Å². The lowest BCUT2D eigenvalue weighted by Crippen LogP contribution is -2.51. The van der Waals surface area contributed by atoms with Gasteiger partial charge in [-0.15, -0.1) is 0 Å². The van der Waals surface area contributed by atoms with Crippen LogP contribution >= 0.6 is 0 Å². The normalized spacial score (nSPS) is 18.8. The predicted octanol–water partition coefficient (Wildman–Crippen LogP) is 2.47. The Morgan fingerprint density at radius 3 is 2.40 bits per heavy atom. The Kier molecular flexibility index (Phi) is 4.07. The minimum absolute atomic E-state index is 0.248. The van der Waals surface area contributed by atoms with Crippen LogP contribution in [0.25, 0.3) is 0 Å². The standard InChI is InChI=1S/C20H23N3O2/c1-25-17-7-3-2-6-16(17)20(9-10-20)19(24)23-14-12-22(13-15-23)18-8-4-5-11-21-18/h2-8,11H,9-10,12-15H2,1H3. The molecule has 0 atom stereocenters. The Morgan fingerprint density at radius 2 is 1.76 bits per heavy atom. The Bertz CT molecular complexity index is 751. The van der Waals surface area contributed by atoms with Crippen LogP contribution in [-0.2, 0) is 10.2 Å². The summed E-state index contributed by atoms with van der Waals surface area (Å²) in [6.07, 6.45) is 3.63. The smallest absolute Gasteiger partial charge is 0.233 e. The molecule has 0 radical (unpaired) electrons. The van der Waals surface area contributed by atoms with E-state index in [1.807, 2.05) is 53.6 Å². The molecule has 2 heterocycles. The predicted molar refractivity (Wildman–Crippen MR) is 96.9 cm³/mol. The zero-order chi connectivity index (χ0) is 17.3. The van der Waals surface area contributed by atoms with Crippen LogP contribution in [0, 0.1) is 0 Å². The first-order chi connectivity index (χ1) is 12.2. The molecule has 0 unspecified atom stereocenters. The maximum atomic E-state index is 13.2. The third-order valence-electron chi connectivity index (χ3n) is 5.32. The molecule has 2 aliphatic rings. The maximum absolute atomic E-state index is 13.2. The zero-order valence-corrected chi connectivity index (χ0v) is 14.5. The van der Waals surface area contributed by atoms with Crippen molar-refractivity contribution < 1.29 is 9.53 Å². The second kappa shape index (κ2) is 6.39. The quantitative estimate of drug-likeness (QED) is 0.860. The van der Waals surface area contributed by atoms with Gasteiger partial charge in [-0.1, -0.05) is 24.3 Å². The molecule has 1 saturated heterocycles. The summed E-state index contributed by atoms with van der Waals surface area (Å²) < 4.78 is 5.50. The zero-order valence-electron chi connectivity index (χ0n) is 14.5. The van der Waals surface area contributed by atoms with E-state index in [0.717, 1.165) is 56.2 Å². The fourth-order valence-corrected chi connectivity index (χ4v) is 3.75. The fourth-order valence-electron chi connectivity index (χ4n) is 3.75. The number of carbonyl (C=O) groups is 1. The van der Waals surface area contributed by atoms with Crippen LogP contribution in [0.2, 0.25) is 0 Å². The van der Waals surface area contributed by atoms with E-state index in [2.05, 4.69) is 9.88 Å². The summed E-state index contributed by atoms with van der Waals surface area (Å²) in [5, 5.41) is 0. The van der Waals surface area contributed by atoms with Crippen LogP contribution in [0.4, 0.5) is 5.82 Å². The van der Waals surface area contributed by atoms with Crippen LogP contribution in [0.15, 0.2) is 48.7 Å². The highest BCUT2D eigenvalue weighted by Crippen LogP contribution is 2.52. The van der Waals surface area contributed by atoms with Gasteiger partial charge in [0.25, 0.3) is 0 Å². The van der Waals surface area contributed by atoms with Gasteiger partial charge < -0.3 is 14.5 Å². The number of nitrogens with zero attached hydrogens (tertiary/aromatic N) is 3. The maximum Gasteiger partial charge on any atom is 0.233 e. The number of rotatable bonds is 4. The van der Waals surface area contributed by atoms with Crippen molar-refractivity contribution in [3.8, 4) is 5.75 Å². The van der Waals surface area contributed by atoms with E-state index in [1.165, 1.54) is 0 Å². The summed E-state index contributed by atoms with van der Waals surface area (Å²) in [5.41, 5.74) is 0.661. The number of piperazine rings is 1.